The predicted molar refractivity (Wildman–Crippen MR) is 55.1 cm³/mol. The third-order valence-corrected chi connectivity index (χ3v) is 2.51. The van der Waals surface area contributed by atoms with Crippen molar-refractivity contribution in [1.82, 2.24) is 0 Å². The summed E-state index contributed by atoms with van der Waals surface area (Å²) in [5.41, 5.74) is 3.99. The molecule has 0 radical (unpaired) electrons. The van der Waals surface area contributed by atoms with E-state index in [0.717, 1.165) is 0 Å². The van der Waals surface area contributed by atoms with Crippen LogP contribution in [0.4, 0.5) is 0 Å². The van der Waals surface area contributed by atoms with Gasteiger partial charge in [-0.05, 0) is 25.3 Å². The molecule has 0 fully saturated rings. The molecule has 1 unspecified atom stereocenters. The Hall–Kier alpha value is -0.490. The van der Waals surface area contributed by atoms with Gasteiger partial charge >= 0.3 is 0 Å². The van der Waals surface area contributed by atoms with Crippen molar-refractivity contribution in [2.45, 2.75) is 26.7 Å². The lowest BCUT2D eigenvalue weighted by atomic mass is 9.99. The van der Waals surface area contributed by atoms with Crippen molar-refractivity contribution in [1.29, 1.82) is 0 Å². The van der Waals surface area contributed by atoms with E-state index in [2.05, 4.69) is 39.0 Å². The summed E-state index contributed by atoms with van der Waals surface area (Å²) in [6, 6.07) is 6.60. The van der Waals surface area contributed by atoms with E-state index in [9.17, 15) is 0 Å². The van der Waals surface area contributed by atoms with Crippen LogP contribution in [0.25, 0.3) is 0 Å². The number of aryl methyl sites for hydroxylation is 2. The molecule has 0 saturated carbocycles. The van der Waals surface area contributed by atoms with Crippen molar-refractivity contribution in [3.8, 4) is 0 Å². The number of hydrogen-bond acceptors (Lipinski definition) is 0. The molecule has 1 aromatic carbocycles. The van der Waals surface area contributed by atoms with Crippen LogP contribution in [0, 0.1) is 13.8 Å². The quantitative estimate of drug-likeness (QED) is 0.613. The van der Waals surface area contributed by atoms with Crippen molar-refractivity contribution in [3.63, 3.8) is 0 Å². The van der Waals surface area contributed by atoms with Gasteiger partial charge in [0.1, 0.15) is 0 Å². The van der Waals surface area contributed by atoms with Crippen LogP contribution in [-0.4, -0.2) is 5.88 Å². The minimum Gasteiger partial charge on any atom is -0.126 e. The average Bonchev–Trinajstić information content (AvgIpc) is 2.01. The van der Waals surface area contributed by atoms with Gasteiger partial charge in [-0.1, -0.05) is 36.2 Å². The first kappa shape index (κ1) is 9.60. The lowest BCUT2D eigenvalue weighted by Crippen LogP contribution is -1.95. The van der Waals surface area contributed by atoms with Crippen LogP contribution in [-0.2, 0) is 0 Å². The Labute approximate surface area is 79.6 Å². The molecule has 0 aliphatic heterocycles. The molecule has 0 amide bonds. The van der Waals surface area contributed by atoms with E-state index >= 15 is 0 Å². The highest BCUT2D eigenvalue weighted by atomic mass is 35.5. The molecule has 0 spiro atoms. The van der Waals surface area contributed by atoms with Gasteiger partial charge in [0.15, 0.2) is 0 Å². The van der Waals surface area contributed by atoms with E-state index in [-0.39, 0.29) is 0 Å². The maximum absolute atomic E-state index is 5.79. The normalized spacial score (nSPS) is 13.0. The Bertz CT molecular complexity index is 245. The van der Waals surface area contributed by atoms with Crippen molar-refractivity contribution in [2.24, 2.45) is 0 Å². The molecule has 0 nitrogen and oxygen atoms in total. The van der Waals surface area contributed by atoms with Gasteiger partial charge in [-0.2, -0.15) is 0 Å². The average molecular weight is 183 g/mol. The van der Waals surface area contributed by atoms with E-state index in [1.807, 2.05) is 0 Å². The van der Waals surface area contributed by atoms with Crippen LogP contribution >= 0.6 is 11.6 Å². The summed E-state index contributed by atoms with van der Waals surface area (Å²) >= 11 is 5.79. The van der Waals surface area contributed by atoms with E-state index in [0.29, 0.717) is 11.8 Å². The van der Waals surface area contributed by atoms with E-state index < -0.39 is 0 Å². The van der Waals surface area contributed by atoms with Gasteiger partial charge in [0.05, 0.1) is 0 Å². The number of rotatable bonds is 2. The molecule has 12 heavy (non-hydrogen) atoms. The molecule has 0 heterocycles. The molecular formula is C11H15Cl. The van der Waals surface area contributed by atoms with Gasteiger partial charge < -0.3 is 0 Å². The molecule has 1 atom stereocenters. The largest absolute Gasteiger partial charge is 0.126 e. The lowest BCUT2D eigenvalue weighted by Gasteiger charge is -2.09. The Morgan fingerprint density at radius 2 is 1.67 bits per heavy atom. The predicted octanol–water partition coefficient (Wildman–Crippen LogP) is 3.65. The van der Waals surface area contributed by atoms with Gasteiger partial charge in [-0.25, -0.2) is 0 Å². The standard InChI is InChI=1S/C11H15Cl/c1-8-4-9(2)6-11(5-8)10(3)7-12/h4-6,10H,7H2,1-3H3. The monoisotopic (exact) mass is 182 g/mol. The number of alkyl halides is 1. The number of benzene rings is 1. The molecule has 66 valence electrons. The second-order valence-electron chi connectivity index (χ2n) is 3.48. The third-order valence-electron chi connectivity index (χ3n) is 2.04. The maximum Gasteiger partial charge on any atom is 0.0289 e. The summed E-state index contributed by atoms with van der Waals surface area (Å²) in [5, 5.41) is 0. The highest BCUT2D eigenvalue weighted by molar-refractivity contribution is 6.18. The van der Waals surface area contributed by atoms with Crippen molar-refractivity contribution < 1.29 is 0 Å². The SMILES string of the molecule is Cc1cc(C)cc(C(C)CCl)c1. The van der Waals surface area contributed by atoms with E-state index in [1.54, 1.807) is 0 Å². The zero-order chi connectivity index (χ0) is 9.14. The number of hydrogen-bond donors (Lipinski definition) is 0. The fraction of sp³-hybridized carbons (Fsp3) is 0.455. The summed E-state index contributed by atoms with van der Waals surface area (Å²) in [4.78, 5) is 0. The summed E-state index contributed by atoms with van der Waals surface area (Å²) in [6.45, 7) is 6.40. The van der Waals surface area contributed by atoms with Gasteiger partial charge in [-0.3, -0.25) is 0 Å². The van der Waals surface area contributed by atoms with Crippen LogP contribution in [0.15, 0.2) is 18.2 Å². The minimum absolute atomic E-state index is 0.463. The van der Waals surface area contributed by atoms with Gasteiger partial charge in [0.25, 0.3) is 0 Å². The first-order valence-electron chi connectivity index (χ1n) is 4.27. The fourth-order valence-electron chi connectivity index (χ4n) is 1.38. The topological polar surface area (TPSA) is 0 Å². The highest BCUT2D eigenvalue weighted by Gasteiger charge is 2.03. The third kappa shape index (κ3) is 2.25. The lowest BCUT2D eigenvalue weighted by molar-refractivity contribution is 0.871. The Balaban J connectivity index is 3.00. The second-order valence-corrected chi connectivity index (χ2v) is 3.79. The molecular weight excluding hydrogens is 168 g/mol. The Kier molecular flexibility index (Phi) is 3.16. The molecule has 0 aliphatic rings. The smallest absolute Gasteiger partial charge is 0.0289 e. The molecule has 1 heteroatoms. The molecule has 0 N–H and O–H groups in total. The molecule has 1 rings (SSSR count). The molecule has 1 aromatic rings. The van der Waals surface area contributed by atoms with Crippen LogP contribution in [0.5, 0.6) is 0 Å². The summed E-state index contributed by atoms with van der Waals surface area (Å²) < 4.78 is 0. The maximum atomic E-state index is 5.79. The van der Waals surface area contributed by atoms with Crippen LogP contribution < -0.4 is 0 Å². The summed E-state index contributed by atoms with van der Waals surface area (Å²) in [6.07, 6.45) is 0. The fourth-order valence-corrected chi connectivity index (χ4v) is 1.56. The van der Waals surface area contributed by atoms with Crippen LogP contribution in [0.1, 0.15) is 29.5 Å². The Morgan fingerprint density at radius 3 is 2.08 bits per heavy atom. The first-order valence-corrected chi connectivity index (χ1v) is 4.81. The molecule has 0 bridgehead atoms. The van der Waals surface area contributed by atoms with Crippen molar-refractivity contribution in [3.05, 3.63) is 34.9 Å². The van der Waals surface area contributed by atoms with E-state index in [1.165, 1.54) is 16.7 Å². The molecule has 0 aromatic heterocycles. The highest BCUT2D eigenvalue weighted by Crippen LogP contribution is 2.19. The Morgan fingerprint density at radius 1 is 1.17 bits per heavy atom. The zero-order valence-corrected chi connectivity index (χ0v) is 8.65. The minimum atomic E-state index is 0.463. The molecule has 0 aliphatic carbocycles. The number of halogens is 1. The van der Waals surface area contributed by atoms with E-state index in [4.69, 9.17) is 11.6 Å². The van der Waals surface area contributed by atoms with Crippen LogP contribution in [0.2, 0.25) is 0 Å². The van der Waals surface area contributed by atoms with Gasteiger partial charge in [0.2, 0.25) is 0 Å². The van der Waals surface area contributed by atoms with Gasteiger partial charge in [-0.15, -0.1) is 11.6 Å². The van der Waals surface area contributed by atoms with Crippen LogP contribution in [0.3, 0.4) is 0 Å². The second kappa shape index (κ2) is 3.95. The van der Waals surface area contributed by atoms with Crippen molar-refractivity contribution in [2.75, 3.05) is 5.88 Å². The summed E-state index contributed by atoms with van der Waals surface area (Å²) in [7, 11) is 0. The molecule has 0 saturated heterocycles. The summed E-state index contributed by atoms with van der Waals surface area (Å²) in [5.74, 6) is 1.16. The zero-order valence-electron chi connectivity index (χ0n) is 7.89. The van der Waals surface area contributed by atoms with Crippen molar-refractivity contribution >= 4 is 11.6 Å². The van der Waals surface area contributed by atoms with Gasteiger partial charge in [0, 0.05) is 5.88 Å². The first-order chi connectivity index (χ1) is 5.63.